The first-order valence-corrected chi connectivity index (χ1v) is 40.2. The van der Waals surface area contributed by atoms with Gasteiger partial charge < -0.3 is 39.7 Å². The minimum absolute atomic E-state index is 0.0151. The molecule has 0 aromatic carbocycles. The van der Waals surface area contributed by atoms with E-state index in [1.807, 2.05) is 34.6 Å². The van der Waals surface area contributed by atoms with Crippen molar-refractivity contribution in [3.63, 3.8) is 0 Å². The number of hydrogen-bond donors (Lipinski definition) is 5. The summed E-state index contributed by atoms with van der Waals surface area (Å²) in [7, 11) is 0. The molecule has 0 amide bonds. The molecule has 11 nitrogen and oxygen atoms in total. The molecule has 0 bridgehead atoms. The van der Waals surface area contributed by atoms with Crippen LogP contribution in [0.15, 0.2) is 68.4 Å². The van der Waals surface area contributed by atoms with Crippen molar-refractivity contribution in [2.24, 2.45) is 133 Å². The highest BCUT2D eigenvalue weighted by molar-refractivity contribution is 5.91. The average molecular weight is 1350 g/mol. The Balaban J connectivity index is 0.000000132. The maximum atomic E-state index is 12.5. The van der Waals surface area contributed by atoms with E-state index in [0.29, 0.717) is 112 Å². The SMILES string of the molecule is CC1=C(C)C(=O)OC([C@@H](C)C2CCC3C4CC=C5CC(C)C[C@H](O)C5(C)C4CCC32C)C1.CC1=C(C)C(=O)OC([C@](C)(O)C2CCC3C4CC=C5CC(C)C[C@H](O)C5(C)C4CCC32C)C1.CC1=C(CO)C(=O)OC([C@@H](C)C2CCC3C4CC=C5CC(C)C[C@H](O)C5(C)C4CCC32C)C1. The van der Waals surface area contributed by atoms with Crippen LogP contribution >= 0.6 is 0 Å². The van der Waals surface area contributed by atoms with E-state index in [2.05, 4.69) is 101 Å². The molecule has 30 atom stereocenters. The Hall–Kier alpha value is -3.35. The lowest BCUT2D eigenvalue weighted by Crippen LogP contribution is -2.58. The average Bonchev–Trinajstić information content (AvgIpc) is 1.37. The quantitative estimate of drug-likeness (QED) is 0.0930. The molecule has 5 N–H and O–H groups in total. The van der Waals surface area contributed by atoms with Crippen LogP contribution in [0.25, 0.3) is 0 Å². The van der Waals surface area contributed by atoms with Gasteiger partial charge in [0.25, 0.3) is 0 Å². The van der Waals surface area contributed by atoms with Gasteiger partial charge in [0.15, 0.2) is 0 Å². The van der Waals surface area contributed by atoms with Crippen LogP contribution in [0.2, 0.25) is 0 Å². The molecule has 15 aliphatic rings. The van der Waals surface area contributed by atoms with Gasteiger partial charge in [-0.15, -0.1) is 0 Å². The number of aliphatic hydroxyl groups is 5. The van der Waals surface area contributed by atoms with E-state index >= 15 is 0 Å². The standard InChI is InChI=1S/2C29H44O4.C29H44O3/c1-16-13-19-7-8-20-21-9-10-23(29(6,32)25-15-17(2)18(3)26(31)33-25)27(21,4)12-11-22(20)28(19,5)24(30)14-16;1-16-12-19-6-7-20-23-9-8-22(18(3)25-14-17(2)21(15-30)27(32)33-25)28(23,4)11-10-24(20)29(19,5)26(31)13-16;1-16-13-20-7-8-21-23-10-9-22(19(4)25-15-17(2)18(3)27(31)32-25)28(23,5)12-11-24(21)29(20,6)26(30)14-16/h7,16,20-25,30,32H,8-15H2,1-6H3;6,16,18,20,22-26,30-31H,7-15H2,1-5H3;7,16,19,21-26,30H,8-15H2,1-6H3/t16?,20?,21?,22?,23?,24-,25?,27?,28?,29+;16?,18-,20?,22?,23?,24?,25?,26-,28?,29?;16?,19-,21?,22?,23?,24?,25?,26-,28?,29?/m000/s1. The number of esters is 3. The predicted molar refractivity (Wildman–Crippen MR) is 386 cm³/mol. The third kappa shape index (κ3) is 11.5. The molecule has 98 heavy (non-hydrogen) atoms. The molecule has 9 saturated carbocycles. The van der Waals surface area contributed by atoms with Gasteiger partial charge in [-0.1, -0.05) is 128 Å². The van der Waals surface area contributed by atoms with Crippen LogP contribution in [0.1, 0.15) is 272 Å². The first-order valence-electron chi connectivity index (χ1n) is 40.2. The number of fused-ring (bicyclic) bond motifs is 15. The number of carbonyl (C=O) groups is 3. The summed E-state index contributed by atoms with van der Waals surface area (Å²) in [4.78, 5) is 37.3. The van der Waals surface area contributed by atoms with Crippen LogP contribution in [0.4, 0.5) is 0 Å². The second kappa shape index (κ2) is 26.4. The number of rotatable bonds is 7. The molecule has 12 aliphatic carbocycles. The zero-order valence-corrected chi connectivity index (χ0v) is 63.9. The van der Waals surface area contributed by atoms with Gasteiger partial charge >= 0.3 is 17.9 Å². The van der Waals surface area contributed by atoms with Crippen molar-refractivity contribution >= 4 is 17.9 Å². The van der Waals surface area contributed by atoms with Gasteiger partial charge in [-0.3, -0.25) is 0 Å². The topological polar surface area (TPSA) is 180 Å². The maximum absolute atomic E-state index is 12.5. The summed E-state index contributed by atoms with van der Waals surface area (Å²) in [5.74, 6) is 8.71. The Labute approximate surface area is 591 Å². The van der Waals surface area contributed by atoms with E-state index in [1.54, 1.807) is 5.57 Å². The van der Waals surface area contributed by atoms with Crippen molar-refractivity contribution in [1.82, 2.24) is 0 Å². The van der Waals surface area contributed by atoms with Crippen molar-refractivity contribution in [2.75, 3.05) is 6.61 Å². The highest BCUT2D eigenvalue weighted by Gasteiger charge is 2.67. The van der Waals surface area contributed by atoms with Gasteiger partial charge in [0.1, 0.15) is 23.9 Å². The summed E-state index contributed by atoms with van der Waals surface area (Å²) in [6.45, 7) is 37.6. The summed E-state index contributed by atoms with van der Waals surface area (Å²) in [5.41, 5.74) is 9.26. The molecule has 9 fully saturated rings. The number of ether oxygens (including phenoxy) is 3. The zero-order valence-electron chi connectivity index (χ0n) is 63.9. The van der Waals surface area contributed by atoms with Crippen molar-refractivity contribution < 1.29 is 54.1 Å². The molecule has 0 aromatic heterocycles. The predicted octanol–water partition coefficient (Wildman–Crippen LogP) is 17.5. The maximum Gasteiger partial charge on any atom is 0.336 e. The summed E-state index contributed by atoms with van der Waals surface area (Å²) >= 11 is 0. The van der Waals surface area contributed by atoms with Crippen LogP contribution < -0.4 is 0 Å². The molecular weight excluding hydrogens is 1220 g/mol. The third-order valence-corrected chi connectivity index (χ3v) is 34.3. The summed E-state index contributed by atoms with van der Waals surface area (Å²) in [5, 5.41) is 55.2. The van der Waals surface area contributed by atoms with Crippen LogP contribution in [0, 0.1) is 133 Å². The van der Waals surface area contributed by atoms with Crippen LogP contribution in [0.3, 0.4) is 0 Å². The minimum Gasteiger partial charge on any atom is -0.458 e. The lowest BCUT2D eigenvalue weighted by molar-refractivity contribution is -0.183. The fourth-order valence-electron chi connectivity index (χ4n) is 28.1. The van der Waals surface area contributed by atoms with E-state index < -0.39 is 11.7 Å². The number of aliphatic hydroxyl groups excluding tert-OH is 4. The van der Waals surface area contributed by atoms with Crippen LogP contribution in [0.5, 0.6) is 0 Å². The Morgan fingerprint density at radius 3 is 1.21 bits per heavy atom. The fourth-order valence-corrected chi connectivity index (χ4v) is 28.1. The highest BCUT2D eigenvalue weighted by Crippen LogP contribution is 2.72. The van der Waals surface area contributed by atoms with Gasteiger partial charge in [0.05, 0.1) is 30.5 Å². The van der Waals surface area contributed by atoms with Crippen LogP contribution in [-0.4, -0.2) is 92.3 Å². The summed E-state index contributed by atoms with van der Waals surface area (Å²) in [6, 6.07) is 0. The number of hydrogen-bond acceptors (Lipinski definition) is 11. The number of carbonyl (C=O) groups excluding carboxylic acids is 3. The number of cyclic esters (lactones) is 3. The Kier molecular flexibility index (Phi) is 19.6. The monoisotopic (exact) mass is 1350 g/mol. The van der Waals surface area contributed by atoms with Gasteiger partial charge in [0.2, 0.25) is 0 Å². The summed E-state index contributed by atoms with van der Waals surface area (Å²) < 4.78 is 17.6. The van der Waals surface area contributed by atoms with Crippen molar-refractivity contribution in [3.05, 3.63) is 68.4 Å². The van der Waals surface area contributed by atoms with Crippen molar-refractivity contribution in [3.8, 4) is 0 Å². The van der Waals surface area contributed by atoms with Gasteiger partial charge in [0, 0.05) is 46.7 Å². The lowest BCUT2D eigenvalue weighted by atomic mass is 9.45. The van der Waals surface area contributed by atoms with Crippen molar-refractivity contribution in [2.45, 2.75) is 314 Å². The smallest absolute Gasteiger partial charge is 0.336 e. The fraction of sp³-hybridized carbons (Fsp3) is 0.828. The van der Waals surface area contributed by atoms with E-state index in [-0.39, 0.29) is 88.0 Å². The lowest BCUT2D eigenvalue weighted by Gasteiger charge is -2.60. The minimum atomic E-state index is -1.03. The first kappa shape index (κ1) is 73.0. The van der Waals surface area contributed by atoms with Crippen molar-refractivity contribution in [1.29, 1.82) is 0 Å². The van der Waals surface area contributed by atoms with E-state index in [9.17, 15) is 39.9 Å². The normalized spacial score (nSPS) is 49.1. The second-order valence-electron chi connectivity index (χ2n) is 38.8. The van der Waals surface area contributed by atoms with Crippen LogP contribution in [-0.2, 0) is 28.6 Å². The molecule has 15 rings (SSSR count). The van der Waals surface area contributed by atoms with Gasteiger partial charge in [-0.05, 0) is 293 Å². The molecule has 0 saturated heterocycles. The van der Waals surface area contributed by atoms with Gasteiger partial charge in [-0.2, -0.15) is 0 Å². The highest BCUT2D eigenvalue weighted by atomic mass is 16.6. The molecule has 24 unspecified atom stereocenters. The largest absolute Gasteiger partial charge is 0.458 e. The Bertz CT molecular complexity index is 3300. The van der Waals surface area contributed by atoms with E-state index in [1.165, 1.54) is 87.3 Å². The second-order valence-corrected chi connectivity index (χ2v) is 38.8. The Morgan fingerprint density at radius 2 is 0.827 bits per heavy atom. The summed E-state index contributed by atoms with van der Waals surface area (Å²) in [6.07, 6.45) is 32.7. The molecule has 11 heteroatoms. The molecule has 3 heterocycles. The molecule has 0 spiro atoms. The molecule has 0 radical (unpaired) electrons. The van der Waals surface area contributed by atoms with Gasteiger partial charge in [-0.25, -0.2) is 14.4 Å². The molecule has 0 aromatic rings. The zero-order chi connectivity index (χ0) is 70.6. The van der Waals surface area contributed by atoms with E-state index in [4.69, 9.17) is 14.2 Å². The molecule has 546 valence electrons. The molecular formula is C87H132O11. The van der Waals surface area contributed by atoms with E-state index in [0.717, 1.165) is 99.7 Å². The third-order valence-electron chi connectivity index (χ3n) is 34.3. The first-order chi connectivity index (χ1) is 46.1. The molecule has 3 aliphatic heterocycles. The Morgan fingerprint density at radius 1 is 0.469 bits per heavy atom. The number of allylic oxidation sites excluding steroid dienone is 3.